The molecule has 1 unspecified atom stereocenters. The number of aromatic nitrogens is 3. The Balaban J connectivity index is 1.51. The van der Waals surface area contributed by atoms with Crippen LogP contribution >= 0.6 is 0 Å². The molecular formula is C22H30N8O2. The van der Waals surface area contributed by atoms with E-state index >= 15 is 0 Å². The Bertz CT molecular complexity index is 1020. The third-order valence-electron chi connectivity index (χ3n) is 6.75. The third kappa shape index (κ3) is 4.10. The SMILES string of the molecule is CC1CCN(C(=N)c2ncc(N3CCC(CN)(CC(=O)O)CC3)nc2N)c2cccnc21. The Morgan fingerprint density at radius 1 is 1.31 bits per heavy atom. The summed E-state index contributed by atoms with van der Waals surface area (Å²) in [5.74, 6) is 0.568. The van der Waals surface area contributed by atoms with Crippen molar-refractivity contribution in [2.45, 2.75) is 38.5 Å². The lowest BCUT2D eigenvalue weighted by Gasteiger charge is -2.40. The van der Waals surface area contributed by atoms with Crippen LogP contribution in [0.2, 0.25) is 0 Å². The van der Waals surface area contributed by atoms with Crippen LogP contribution in [0.4, 0.5) is 17.3 Å². The van der Waals surface area contributed by atoms with Crippen LogP contribution in [0, 0.1) is 10.8 Å². The smallest absolute Gasteiger partial charge is 0.303 e. The molecule has 32 heavy (non-hydrogen) atoms. The van der Waals surface area contributed by atoms with Gasteiger partial charge < -0.3 is 26.4 Å². The monoisotopic (exact) mass is 438 g/mol. The lowest BCUT2D eigenvalue weighted by Crippen LogP contribution is -2.45. The number of nitrogens with two attached hydrogens (primary N) is 2. The molecule has 4 rings (SSSR count). The van der Waals surface area contributed by atoms with Crippen LogP contribution in [0.15, 0.2) is 24.5 Å². The average Bonchev–Trinajstić information content (AvgIpc) is 2.79. The highest BCUT2D eigenvalue weighted by molar-refractivity contribution is 6.09. The molecule has 1 atom stereocenters. The fourth-order valence-corrected chi connectivity index (χ4v) is 4.67. The fourth-order valence-electron chi connectivity index (χ4n) is 4.67. The number of carboxylic acid groups (broad SMARTS) is 1. The topological polar surface area (TPSA) is 158 Å². The van der Waals surface area contributed by atoms with Crippen molar-refractivity contribution in [2.75, 3.05) is 41.7 Å². The number of amidine groups is 1. The van der Waals surface area contributed by atoms with Gasteiger partial charge in [-0.05, 0) is 43.4 Å². The number of nitrogens with zero attached hydrogens (tertiary/aromatic N) is 5. The molecule has 1 saturated heterocycles. The molecule has 0 saturated carbocycles. The van der Waals surface area contributed by atoms with E-state index in [0.717, 1.165) is 17.8 Å². The minimum Gasteiger partial charge on any atom is -0.481 e. The van der Waals surface area contributed by atoms with Crippen LogP contribution in [0.3, 0.4) is 0 Å². The van der Waals surface area contributed by atoms with Crippen LogP contribution in [-0.2, 0) is 4.79 Å². The van der Waals surface area contributed by atoms with Gasteiger partial charge in [0.25, 0.3) is 0 Å². The highest BCUT2D eigenvalue weighted by Gasteiger charge is 2.36. The molecule has 10 heteroatoms. The van der Waals surface area contributed by atoms with Crippen molar-refractivity contribution >= 4 is 29.1 Å². The molecule has 0 bridgehead atoms. The second kappa shape index (κ2) is 8.70. The van der Waals surface area contributed by atoms with E-state index in [1.165, 1.54) is 0 Å². The number of aliphatic carboxylic acids is 1. The van der Waals surface area contributed by atoms with Gasteiger partial charge in [0, 0.05) is 31.7 Å². The number of rotatable bonds is 5. The van der Waals surface area contributed by atoms with Gasteiger partial charge >= 0.3 is 5.97 Å². The zero-order valence-corrected chi connectivity index (χ0v) is 18.3. The zero-order valence-electron chi connectivity index (χ0n) is 18.3. The van der Waals surface area contributed by atoms with Crippen LogP contribution in [0.1, 0.15) is 49.9 Å². The first-order valence-electron chi connectivity index (χ1n) is 10.9. The largest absolute Gasteiger partial charge is 0.481 e. The standard InChI is InChI=1S/C22H30N8O2/c1-14-4-8-30(15-3-2-7-26-18(14)15)21(25)19-20(24)28-16(12-27-19)29-9-5-22(13-23,6-10-29)11-17(31)32/h2-3,7,12,14,25H,4-6,8-11,13,23H2,1H3,(H2,24,28)(H,31,32). The minimum absolute atomic E-state index is 0.0754. The number of anilines is 3. The summed E-state index contributed by atoms with van der Waals surface area (Å²) in [6.45, 7) is 4.46. The highest BCUT2D eigenvalue weighted by atomic mass is 16.4. The van der Waals surface area contributed by atoms with E-state index in [-0.39, 0.29) is 23.5 Å². The molecular weight excluding hydrogens is 408 g/mol. The molecule has 6 N–H and O–H groups in total. The van der Waals surface area contributed by atoms with Crippen LogP contribution in [0.5, 0.6) is 0 Å². The first kappa shape index (κ1) is 21.9. The molecule has 170 valence electrons. The predicted molar refractivity (Wildman–Crippen MR) is 123 cm³/mol. The fraction of sp³-hybridized carbons (Fsp3) is 0.500. The summed E-state index contributed by atoms with van der Waals surface area (Å²) in [7, 11) is 0. The number of nitrogens with one attached hydrogen (secondary N) is 1. The summed E-state index contributed by atoms with van der Waals surface area (Å²) in [6, 6.07) is 3.84. The molecule has 0 radical (unpaired) electrons. The molecule has 2 aliphatic heterocycles. The van der Waals surface area contributed by atoms with E-state index in [0.29, 0.717) is 56.5 Å². The lowest BCUT2D eigenvalue weighted by atomic mass is 9.76. The maximum absolute atomic E-state index is 11.2. The quantitative estimate of drug-likeness (QED) is 0.403. The van der Waals surface area contributed by atoms with E-state index in [9.17, 15) is 9.90 Å². The maximum Gasteiger partial charge on any atom is 0.303 e. The second-order valence-electron chi connectivity index (χ2n) is 8.82. The number of carbonyl (C=O) groups is 1. The first-order chi connectivity index (χ1) is 15.3. The summed E-state index contributed by atoms with van der Waals surface area (Å²) >= 11 is 0. The Morgan fingerprint density at radius 2 is 2.06 bits per heavy atom. The third-order valence-corrected chi connectivity index (χ3v) is 6.75. The maximum atomic E-state index is 11.2. The average molecular weight is 439 g/mol. The summed E-state index contributed by atoms with van der Waals surface area (Å²) in [4.78, 5) is 28.7. The van der Waals surface area contributed by atoms with Crippen molar-refractivity contribution in [1.29, 1.82) is 5.41 Å². The van der Waals surface area contributed by atoms with Gasteiger partial charge in [0.2, 0.25) is 0 Å². The van der Waals surface area contributed by atoms with Gasteiger partial charge in [-0.3, -0.25) is 15.2 Å². The van der Waals surface area contributed by atoms with Crippen molar-refractivity contribution < 1.29 is 9.90 Å². The van der Waals surface area contributed by atoms with Gasteiger partial charge in [-0.1, -0.05) is 6.92 Å². The van der Waals surface area contributed by atoms with Crippen LogP contribution in [0.25, 0.3) is 0 Å². The summed E-state index contributed by atoms with van der Waals surface area (Å²) in [6.07, 6.45) is 5.73. The number of piperidine rings is 1. The van der Waals surface area contributed by atoms with Gasteiger partial charge in [-0.2, -0.15) is 0 Å². The molecule has 4 heterocycles. The molecule has 2 aliphatic rings. The molecule has 1 fully saturated rings. The number of fused-ring (bicyclic) bond motifs is 1. The molecule has 0 amide bonds. The number of hydrogen-bond donors (Lipinski definition) is 4. The van der Waals surface area contributed by atoms with E-state index in [1.54, 1.807) is 12.4 Å². The Hall–Kier alpha value is -3.27. The normalized spacial score (nSPS) is 20.0. The van der Waals surface area contributed by atoms with E-state index < -0.39 is 5.97 Å². The molecule has 2 aromatic rings. The zero-order chi connectivity index (χ0) is 22.9. The van der Waals surface area contributed by atoms with Gasteiger partial charge in [-0.25, -0.2) is 9.97 Å². The van der Waals surface area contributed by atoms with Crippen LogP contribution in [-0.4, -0.2) is 58.0 Å². The number of pyridine rings is 1. The Morgan fingerprint density at radius 3 is 2.72 bits per heavy atom. The lowest BCUT2D eigenvalue weighted by molar-refractivity contribution is -0.140. The van der Waals surface area contributed by atoms with E-state index in [2.05, 4.69) is 21.9 Å². The van der Waals surface area contributed by atoms with Gasteiger partial charge in [0.05, 0.1) is 24.0 Å². The second-order valence-corrected chi connectivity index (χ2v) is 8.82. The Labute approximate surface area is 187 Å². The first-order valence-corrected chi connectivity index (χ1v) is 10.9. The summed E-state index contributed by atoms with van der Waals surface area (Å²) in [5, 5.41) is 18.0. The van der Waals surface area contributed by atoms with Crippen molar-refractivity contribution in [2.24, 2.45) is 11.1 Å². The number of carboxylic acids is 1. The predicted octanol–water partition coefficient (Wildman–Crippen LogP) is 1.81. The van der Waals surface area contributed by atoms with E-state index in [1.807, 2.05) is 21.9 Å². The molecule has 0 spiro atoms. The van der Waals surface area contributed by atoms with Gasteiger partial charge in [0.15, 0.2) is 11.7 Å². The highest BCUT2D eigenvalue weighted by Crippen LogP contribution is 2.36. The number of nitrogen functional groups attached to an aromatic ring is 1. The van der Waals surface area contributed by atoms with Crippen molar-refractivity contribution in [1.82, 2.24) is 15.0 Å². The molecule has 2 aromatic heterocycles. The van der Waals surface area contributed by atoms with Crippen LogP contribution < -0.4 is 21.3 Å². The van der Waals surface area contributed by atoms with Gasteiger partial charge in [0.1, 0.15) is 11.5 Å². The van der Waals surface area contributed by atoms with E-state index in [4.69, 9.17) is 16.9 Å². The summed E-state index contributed by atoms with van der Waals surface area (Å²) < 4.78 is 0. The van der Waals surface area contributed by atoms with Crippen molar-refractivity contribution in [3.63, 3.8) is 0 Å². The minimum atomic E-state index is -0.820. The Kier molecular flexibility index (Phi) is 5.96. The van der Waals surface area contributed by atoms with Gasteiger partial charge in [-0.15, -0.1) is 0 Å². The molecule has 10 nitrogen and oxygen atoms in total. The number of hydrogen-bond acceptors (Lipinski definition) is 8. The van der Waals surface area contributed by atoms with Crippen molar-refractivity contribution in [3.05, 3.63) is 35.9 Å². The molecule has 0 aliphatic carbocycles. The molecule has 0 aromatic carbocycles. The van der Waals surface area contributed by atoms with Crippen molar-refractivity contribution in [3.8, 4) is 0 Å². The summed E-state index contributed by atoms with van der Waals surface area (Å²) in [5.41, 5.74) is 14.0.